The number of aromatic hydroxyl groups is 1. The van der Waals surface area contributed by atoms with Crippen LogP contribution in [-0.2, 0) is 59.2 Å². The summed E-state index contributed by atoms with van der Waals surface area (Å²) in [6.45, 7) is 8.41. The summed E-state index contributed by atoms with van der Waals surface area (Å²) in [5.41, 5.74) is 6.13. The number of benzene rings is 1. The normalized spacial score (nSPS) is 15.5. The van der Waals surface area contributed by atoms with Crippen molar-refractivity contribution in [3.63, 3.8) is 0 Å². The number of carbonyl (C=O) groups excluding carboxylic acids is 9. The predicted molar refractivity (Wildman–Crippen MR) is 223 cm³/mol. The van der Waals surface area contributed by atoms with E-state index in [2.05, 4.69) is 47.9 Å². The predicted octanol–water partition coefficient (Wildman–Crippen LogP) is -5.05. The van der Waals surface area contributed by atoms with E-state index in [-0.39, 0.29) is 12.2 Å². The number of carboxylic acids is 2. The first-order valence-corrected chi connectivity index (χ1v) is 20.1. The van der Waals surface area contributed by atoms with Crippen LogP contribution in [0.15, 0.2) is 24.3 Å². The molecule has 0 saturated carbocycles. The minimum Gasteiger partial charge on any atom is -0.508 e. The van der Waals surface area contributed by atoms with Gasteiger partial charge in [-0.3, -0.25) is 47.9 Å². The number of carbonyl (C=O) groups is 11. The smallest absolute Gasteiger partial charge is 0.328 e. The van der Waals surface area contributed by atoms with Crippen molar-refractivity contribution >= 4 is 65.1 Å². The van der Waals surface area contributed by atoms with Crippen molar-refractivity contribution in [3.05, 3.63) is 29.8 Å². The highest BCUT2D eigenvalue weighted by Gasteiger charge is 2.32. The van der Waals surface area contributed by atoms with Crippen LogP contribution in [0.3, 0.4) is 0 Å². The van der Waals surface area contributed by atoms with E-state index >= 15 is 0 Å². The zero-order chi connectivity index (χ0) is 49.0. The third kappa shape index (κ3) is 19.4. The number of hydrogen-bond acceptors (Lipinski definition) is 14. The maximum atomic E-state index is 13.3. The van der Waals surface area contributed by atoms with Gasteiger partial charge in [0.2, 0.25) is 53.2 Å². The quantitative estimate of drug-likeness (QED) is 0.0414. The van der Waals surface area contributed by atoms with Gasteiger partial charge in [-0.2, -0.15) is 0 Å². The van der Waals surface area contributed by atoms with Crippen LogP contribution in [0, 0.1) is 5.92 Å². The highest BCUT2D eigenvalue weighted by atomic mass is 16.4. The molecule has 15 N–H and O–H groups in total. The highest BCUT2D eigenvalue weighted by Crippen LogP contribution is 2.12. The molecule has 0 heterocycles. The van der Waals surface area contributed by atoms with Crippen molar-refractivity contribution in [2.45, 2.75) is 122 Å². The average Bonchev–Trinajstić information content (AvgIpc) is 3.22. The van der Waals surface area contributed by atoms with Gasteiger partial charge in [0.25, 0.3) is 0 Å². The Morgan fingerprint density at radius 3 is 1.48 bits per heavy atom. The van der Waals surface area contributed by atoms with Crippen LogP contribution < -0.4 is 53.6 Å². The van der Waals surface area contributed by atoms with Crippen LogP contribution in [0.1, 0.15) is 66.9 Å². The van der Waals surface area contributed by atoms with E-state index < -0.39 is 145 Å². The number of aliphatic hydroxyl groups excluding tert-OH is 1. The zero-order valence-electron chi connectivity index (χ0n) is 36.5. The third-order valence-electron chi connectivity index (χ3n) is 9.48. The number of hydrogen-bond donors (Lipinski definition) is 14. The molecule has 356 valence electrons. The molecule has 0 aliphatic heterocycles. The van der Waals surface area contributed by atoms with Crippen LogP contribution in [-0.4, -0.2) is 153 Å². The van der Waals surface area contributed by atoms with Crippen molar-refractivity contribution in [1.82, 2.24) is 47.9 Å². The first kappa shape index (κ1) is 55.1. The maximum absolute atomic E-state index is 13.3. The molecular formula is C39H60N10O15. The van der Waals surface area contributed by atoms with E-state index in [1.807, 2.05) is 0 Å². The van der Waals surface area contributed by atoms with Crippen molar-refractivity contribution in [2.75, 3.05) is 13.1 Å². The molecule has 64 heavy (non-hydrogen) atoms. The molecule has 1 rings (SSSR count). The number of aliphatic carboxylic acids is 2. The lowest BCUT2D eigenvalue weighted by molar-refractivity contribution is -0.145. The van der Waals surface area contributed by atoms with Crippen LogP contribution in [0.4, 0.5) is 0 Å². The van der Waals surface area contributed by atoms with Crippen molar-refractivity contribution in [1.29, 1.82) is 0 Å². The molecule has 0 unspecified atom stereocenters. The highest BCUT2D eigenvalue weighted by molar-refractivity contribution is 5.97. The van der Waals surface area contributed by atoms with Crippen molar-refractivity contribution in [2.24, 2.45) is 11.7 Å². The number of phenols is 1. The summed E-state index contributed by atoms with van der Waals surface area (Å²) in [4.78, 5) is 137. The number of nitrogens with two attached hydrogens (primary N) is 1. The van der Waals surface area contributed by atoms with E-state index in [1.54, 1.807) is 13.8 Å². The van der Waals surface area contributed by atoms with E-state index in [9.17, 15) is 63.0 Å². The molecule has 0 spiro atoms. The fourth-order valence-corrected chi connectivity index (χ4v) is 5.35. The van der Waals surface area contributed by atoms with Crippen LogP contribution in [0.25, 0.3) is 0 Å². The fourth-order valence-electron chi connectivity index (χ4n) is 5.35. The summed E-state index contributed by atoms with van der Waals surface area (Å²) < 4.78 is 0. The summed E-state index contributed by atoms with van der Waals surface area (Å²) in [5.74, 6) is -11.0. The molecule has 1 aromatic carbocycles. The molecule has 9 amide bonds. The second-order valence-corrected chi connectivity index (χ2v) is 15.0. The molecule has 1 aromatic rings. The van der Waals surface area contributed by atoms with Gasteiger partial charge in [-0.15, -0.1) is 0 Å². The zero-order valence-corrected chi connectivity index (χ0v) is 36.5. The minimum absolute atomic E-state index is 0.0632. The lowest BCUT2D eigenvalue weighted by Crippen LogP contribution is -2.59. The average molecular weight is 909 g/mol. The first-order chi connectivity index (χ1) is 29.8. The van der Waals surface area contributed by atoms with Gasteiger partial charge >= 0.3 is 11.9 Å². The molecule has 25 nitrogen and oxygen atoms in total. The number of nitrogens with one attached hydrogen (secondary N) is 9. The number of phenolic OH excluding ortho intramolecular Hbond substituents is 1. The number of amides is 9. The van der Waals surface area contributed by atoms with Gasteiger partial charge in [-0.05, 0) is 58.2 Å². The first-order valence-electron chi connectivity index (χ1n) is 20.1. The van der Waals surface area contributed by atoms with E-state index in [0.29, 0.717) is 12.0 Å². The molecule has 0 fully saturated rings. The largest absolute Gasteiger partial charge is 0.508 e. The summed E-state index contributed by atoms with van der Waals surface area (Å²) in [6.07, 6.45) is -1.90. The molecule has 0 radical (unpaired) electrons. The van der Waals surface area contributed by atoms with Gasteiger partial charge < -0.3 is 74.0 Å². The Hall–Kier alpha value is -6.89. The lowest BCUT2D eigenvalue weighted by Gasteiger charge is -2.26. The molecular weight excluding hydrogens is 848 g/mol. The molecule has 0 saturated heterocycles. The van der Waals surface area contributed by atoms with Crippen LogP contribution >= 0.6 is 0 Å². The minimum atomic E-state index is -1.62. The van der Waals surface area contributed by atoms with Gasteiger partial charge in [-0.25, -0.2) is 4.79 Å². The summed E-state index contributed by atoms with van der Waals surface area (Å²) in [5, 5.41) is 58.2. The third-order valence-corrected chi connectivity index (χ3v) is 9.48. The summed E-state index contributed by atoms with van der Waals surface area (Å²) >= 11 is 0. The Morgan fingerprint density at radius 2 is 1.02 bits per heavy atom. The Labute approximate surface area is 368 Å². The van der Waals surface area contributed by atoms with Gasteiger partial charge in [0.05, 0.1) is 31.7 Å². The van der Waals surface area contributed by atoms with Crippen LogP contribution in [0.5, 0.6) is 5.75 Å². The van der Waals surface area contributed by atoms with E-state index in [4.69, 9.17) is 15.9 Å². The standard InChI is InChI=1S/C39H60N10O15/c1-8-17(2)30(38(62)42-15-27(52)41-16-28(53)43-18(3)34(58)49-31(22(7)50)39(63)64)48-35(59)21(6)45-32(56)19(4)44-33(57)20(5)46-37(61)26(13-23-9-11-24(51)12-10-23)47-36(60)25(40)14-29(54)55/h9-12,17-22,25-26,30-31,50-51H,8,13-16,40H2,1-7H3,(H,41,52)(H,42,62)(H,43,53)(H,44,57)(H,45,56)(H,46,61)(H,47,60)(H,48,59)(H,49,58)(H,54,55)(H,63,64)/t17-,18-,19-,20-,21-,22+,25-,26-,30-,31-/m0/s1. The van der Waals surface area contributed by atoms with Crippen molar-refractivity contribution < 1.29 is 73.2 Å². The van der Waals surface area contributed by atoms with Crippen molar-refractivity contribution in [3.8, 4) is 5.75 Å². The monoisotopic (exact) mass is 908 g/mol. The summed E-state index contributed by atoms with van der Waals surface area (Å²) in [6, 6.07) is -5.07. The summed E-state index contributed by atoms with van der Waals surface area (Å²) in [7, 11) is 0. The molecule has 0 aromatic heterocycles. The van der Waals surface area contributed by atoms with E-state index in [0.717, 1.165) is 6.92 Å². The fraction of sp³-hybridized carbons (Fsp3) is 0.564. The molecule has 10 atom stereocenters. The Morgan fingerprint density at radius 1 is 0.562 bits per heavy atom. The Bertz CT molecular complexity index is 1860. The number of carboxylic acid groups (broad SMARTS) is 2. The SMILES string of the molecule is CC[C@H](C)[C@H](NC(=O)[C@H](C)NC(=O)[C@H](C)NC(=O)[C@H](C)NC(=O)[C@H](Cc1ccc(O)cc1)NC(=O)[C@@H](N)CC(=O)O)C(=O)NCC(=O)NCC(=O)N[C@@H](C)C(=O)N[C@H](C(=O)O)[C@@H](C)O. The molecule has 0 bridgehead atoms. The van der Waals surface area contributed by atoms with Gasteiger partial charge in [0.1, 0.15) is 42.0 Å². The molecule has 0 aliphatic carbocycles. The number of aliphatic hydroxyl groups is 1. The Balaban J connectivity index is 2.77. The van der Waals surface area contributed by atoms with Crippen LogP contribution in [0.2, 0.25) is 0 Å². The lowest BCUT2D eigenvalue weighted by atomic mass is 9.98. The maximum Gasteiger partial charge on any atom is 0.328 e. The second-order valence-electron chi connectivity index (χ2n) is 15.0. The molecule has 25 heteroatoms. The number of rotatable bonds is 26. The second kappa shape index (κ2) is 26.6. The van der Waals surface area contributed by atoms with Gasteiger partial charge in [0.15, 0.2) is 6.04 Å². The Kier molecular flexibility index (Phi) is 22.9. The van der Waals surface area contributed by atoms with Gasteiger partial charge in [-0.1, -0.05) is 32.4 Å². The topological polar surface area (TPSA) is 403 Å². The molecule has 0 aliphatic rings. The van der Waals surface area contributed by atoms with E-state index in [1.165, 1.54) is 52.0 Å². The van der Waals surface area contributed by atoms with Gasteiger partial charge in [0, 0.05) is 6.42 Å².